The number of hydrogen-bond acceptors (Lipinski definition) is 26. The first-order valence-corrected chi connectivity index (χ1v) is 29.2. The van der Waals surface area contributed by atoms with Gasteiger partial charge in [0.1, 0.15) is 24.7 Å². The number of hydrogen-bond donors (Lipinski definition) is 9. The highest BCUT2D eigenvalue weighted by Gasteiger charge is 2.38. The van der Waals surface area contributed by atoms with Crippen LogP contribution >= 0.6 is 0 Å². The second-order valence-electron chi connectivity index (χ2n) is 17.9. The summed E-state index contributed by atoms with van der Waals surface area (Å²) >= 11 is 0. The molecule has 0 bridgehead atoms. The number of methoxy groups -OCH3 is 3. The number of benzene rings is 2. The molecule has 2 aromatic carbocycles. The van der Waals surface area contributed by atoms with Gasteiger partial charge >= 0.3 is 0 Å². The quantitative estimate of drug-likeness (QED) is 0.0115. The first kappa shape index (κ1) is 56.4. The van der Waals surface area contributed by atoms with Gasteiger partial charge in [-0.1, -0.05) is 61.6 Å². The van der Waals surface area contributed by atoms with Gasteiger partial charge in [-0.25, -0.2) is 22.5 Å². The van der Waals surface area contributed by atoms with Crippen molar-refractivity contribution < 1.29 is 48.0 Å². The smallest absolute Gasteiger partial charge is 0.250 e. The van der Waals surface area contributed by atoms with Crippen molar-refractivity contribution in [2.24, 2.45) is 21.9 Å². The summed E-state index contributed by atoms with van der Waals surface area (Å²) < 4.78 is 32.8. The molecule has 8 rings (SSSR count). The minimum atomic E-state index is -3.60. The maximum Gasteiger partial charge on any atom is 0.250 e. The molecule has 2 saturated heterocycles. The molecule has 4 aromatic heterocycles. The van der Waals surface area contributed by atoms with Gasteiger partial charge in [-0.05, 0) is 25.0 Å². The van der Waals surface area contributed by atoms with Gasteiger partial charge in [-0.3, -0.25) is 10.9 Å². The predicted octanol–water partition coefficient (Wildman–Crippen LogP) is -0.451. The van der Waals surface area contributed by atoms with Crippen molar-refractivity contribution in [3.8, 4) is 0 Å². The summed E-state index contributed by atoms with van der Waals surface area (Å²) in [4.78, 5) is 70.5. The van der Waals surface area contributed by atoms with E-state index in [9.17, 15) is 24.3 Å². The molecule has 2 aliphatic heterocycles. The Bertz CT molecular complexity index is 2820. The zero-order valence-corrected chi connectivity index (χ0v) is 44.2. The van der Waals surface area contributed by atoms with E-state index in [1.54, 1.807) is 33.8 Å². The van der Waals surface area contributed by atoms with Gasteiger partial charge < -0.3 is 67.7 Å². The van der Waals surface area contributed by atoms with Crippen LogP contribution in [-0.2, 0) is 23.7 Å². The summed E-state index contributed by atoms with van der Waals surface area (Å²) in [5.41, 5.74) is 14.0. The third-order valence-electron chi connectivity index (χ3n) is 12.1. The average molecular weight is 1070 g/mol. The van der Waals surface area contributed by atoms with Crippen LogP contribution in [-0.4, -0.2) is 146 Å². The molecule has 6 heterocycles. The third kappa shape index (κ3) is 15.6. The van der Waals surface area contributed by atoms with Crippen LogP contribution in [0.4, 0.5) is 35.7 Å². The Balaban J connectivity index is 0.000000219. The zero-order chi connectivity index (χ0) is 53.5. The number of nitrogens with one attached hydrogen (secondary N) is 6. The van der Waals surface area contributed by atoms with Gasteiger partial charge in [-0.15, -0.1) is 0 Å². The van der Waals surface area contributed by atoms with Gasteiger partial charge in [0.2, 0.25) is 35.7 Å². The molecule has 11 N–H and O–H groups in total. The van der Waals surface area contributed by atoms with Crippen molar-refractivity contribution in [1.82, 2.24) is 39.0 Å². The number of para-hydroxylation sites is 2. The molecule has 0 aliphatic carbocycles. The summed E-state index contributed by atoms with van der Waals surface area (Å²) in [6.45, 7) is 3.57. The second kappa shape index (κ2) is 26.4. The predicted molar refractivity (Wildman–Crippen MR) is 278 cm³/mol. The van der Waals surface area contributed by atoms with Crippen LogP contribution in [0, 0.1) is 0 Å². The van der Waals surface area contributed by atoms with Gasteiger partial charge in [0.15, 0.2) is 0 Å². The number of hydrazone groups is 2. The van der Waals surface area contributed by atoms with Gasteiger partial charge in [-0.2, -0.15) is 57.2 Å². The molecular formula is C45H64N18O10Si2-4. The maximum atomic E-state index is 11.4. The van der Waals surface area contributed by atoms with Crippen LogP contribution < -0.4 is 63.2 Å². The number of ether oxygens (including phenoxy) is 5. The minimum Gasteiger partial charge on any atom is -0.870 e. The monoisotopic (exact) mass is 1070 g/mol. The van der Waals surface area contributed by atoms with Crippen molar-refractivity contribution in [2.45, 2.75) is 87.7 Å². The summed E-state index contributed by atoms with van der Waals surface area (Å²) in [7, 11) is -2.25. The average Bonchev–Trinajstić information content (AvgIpc) is 4.20. The first-order valence-electron chi connectivity index (χ1n) is 24.1. The van der Waals surface area contributed by atoms with Gasteiger partial charge in [0.05, 0.1) is 48.9 Å². The first-order chi connectivity index (χ1) is 36.1. The maximum absolute atomic E-state index is 11.4. The molecule has 6 aromatic rings. The summed E-state index contributed by atoms with van der Waals surface area (Å²) in [6.07, 6.45) is 8.09. The van der Waals surface area contributed by atoms with Gasteiger partial charge in [0, 0.05) is 81.6 Å². The number of hydrazine groups is 2. The molecule has 2 aliphatic rings. The SMILES string of the molecule is COC[C@H]1O[C@@H](n2cc(C=NNc3nc(NN)nc(NCCC[Si](C)([O-])[O-])n3)c3ccccc32)C[C@H]1OC.CO[C@@H]1C[C@H](n2cc(C=NNc3nc(NN)nc(NCCC[Si](C)([O-])[O-])n3)c3ccccc32)O[C@@H]1CO. The van der Waals surface area contributed by atoms with E-state index in [4.69, 9.17) is 35.4 Å². The van der Waals surface area contributed by atoms with E-state index in [0.717, 1.165) is 32.9 Å². The molecule has 406 valence electrons. The number of nitrogens with zero attached hydrogens (tertiary/aromatic N) is 10. The fourth-order valence-electron chi connectivity index (χ4n) is 8.54. The number of aromatic nitrogens is 8. The summed E-state index contributed by atoms with van der Waals surface area (Å²) in [5.74, 6) is 12.0. The molecule has 0 spiro atoms. The van der Waals surface area contributed by atoms with E-state index in [2.05, 4.69) is 77.0 Å². The second-order valence-corrected chi connectivity index (χ2v) is 23.4. The zero-order valence-electron chi connectivity index (χ0n) is 42.2. The Hall–Kier alpha value is -6.37. The number of fused-ring (bicyclic) bond motifs is 2. The van der Waals surface area contributed by atoms with E-state index in [1.807, 2.05) is 65.5 Å². The lowest BCUT2D eigenvalue weighted by Crippen LogP contribution is -2.59. The molecule has 75 heavy (non-hydrogen) atoms. The third-order valence-corrected chi connectivity index (χ3v) is 14.6. The molecule has 28 nitrogen and oxygen atoms in total. The van der Waals surface area contributed by atoms with Crippen molar-refractivity contribution in [3.63, 3.8) is 0 Å². The summed E-state index contributed by atoms with van der Waals surface area (Å²) in [6, 6.07) is 16.1. The van der Waals surface area contributed by atoms with Crippen molar-refractivity contribution in [2.75, 3.05) is 80.0 Å². The normalized spacial score (nSPS) is 20.0. The topological polar surface area (TPSA) is 395 Å². The van der Waals surface area contributed by atoms with E-state index >= 15 is 0 Å². The highest BCUT2D eigenvalue weighted by Crippen LogP contribution is 2.36. The van der Waals surface area contributed by atoms with Crippen molar-refractivity contribution >= 4 is 87.0 Å². The highest BCUT2D eigenvalue weighted by atomic mass is 28.4. The fraction of sp³-hybridized carbons (Fsp3) is 0.467. The highest BCUT2D eigenvalue weighted by molar-refractivity contribution is 6.59. The van der Waals surface area contributed by atoms with Crippen LogP contribution in [0.25, 0.3) is 21.8 Å². The van der Waals surface area contributed by atoms with E-state index in [0.29, 0.717) is 45.4 Å². The molecule has 0 saturated carbocycles. The lowest BCUT2D eigenvalue weighted by atomic mass is 10.2. The van der Waals surface area contributed by atoms with Crippen molar-refractivity contribution in [3.05, 3.63) is 72.1 Å². The molecule has 0 amide bonds. The molecular weight excluding hydrogens is 1010 g/mol. The van der Waals surface area contributed by atoms with Crippen LogP contribution in [0.2, 0.25) is 25.2 Å². The number of aliphatic hydroxyl groups excluding tert-OH is 1. The molecule has 6 atom stereocenters. The van der Waals surface area contributed by atoms with Crippen LogP contribution in [0.1, 0.15) is 49.3 Å². The number of nitrogen functional groups attached to an aromatic ring is 2. The lowest BCUT2D eigenvalue weighted by Gasteiger charge is -2.43. The number of aliphatic hydroxyl groups is 1. The summed E-state index contributed by atoms with van der Waals surface area (Å²) in [5, 5.41) is 26.1. The van der Waals surface area contributed by atoms with Crippen LogP contribution in [0.3, 0.4) is 0 Å². The fourth-order valence-corrected chi connectivity index (χ4v) is 10.2. The van der Waals surface area contributed by atoms with Crippen LogP contribution in [0.5, 0.6) is 0 Å². The minimum absolute atomic E-state index is 0.0657. The standard InChI is InChI=1S/C23H33N9O5Si.C22H31N9O5Si/c1-35-14-19-18(36-2)11-20(37-19)32-13-15(16-7-4-5-8-17(16)32)12-26-31-23-28-21(27-22(29-23)30-24)25-9-6-10-38(3,33)34;1-35-17-10-19(36-18(17)13-32)31-12-14(15-6-3-4-7-16(15)31)11-25-30-22-27-20(26-21(28-22)29-23)24-8-5-9-37(2,33)34/h4-5,7-8,12-13,18-20H,6,9-11,14,24H2,1-3H3,(H3,25,27,28,29,30,31);3-4,6-7,11-12,17-19,32H,5,8-10,13,23H2,1-2H3,(H3,24,26,27,28,29,30)/q2*-2/t18-,19-,20-;17-,18-,19-/m11/s1. The van der Waals surface area contributed by atoms with Crippen molar-refractivity contribution in [1.29, 1.82) is 0 Å². The van der Waals surface area contributed by atoms with E-state index in [-0.39, 0.29) is 91.3 Å². The molecule has 0 radical (unpaired) electrons. The Morgan fingerprint density at radius 2 is 1.07 bits per heavy atom. The Labute approximate surface area is 434 Å². The Morgan fingerprint density at radius 1 is 0.653 bits per heavy atom. The van der Waals surface area contributed by atoms with Crippen LogP contribution in [0.15, 0.2) is 71.1 Å². The molecule has 0 unspecified atom stereocenters. The van der Waals surface area contributed by atoms with E-state index in [1.165, 1.54) is 13.1 Å². The van der Waals surface area contributed by atoms with E-state index < -0.39 is 17.1 Å². The molecule has 30 heteroatoms. The molecule has 2 fully saturated rings. The largest absolute Gasteiger partial charge is 0.870 e. The number of nitrogens with two attached hydrogens (primary N) is 2. The number of rotatable bonds is 25. The number of anilines is 6. The van der Waals surface area contributed by atoms with Gasteiger partial charge in [0.25, 0.3) is 0 Å². The Morgan fingerprint density at radius 3 is 1.47 bits per heavy atom. The lowest BCUT2D eigenvalue weighted by molar-refractivity contribution is -0.369. The Kier molecular flexibility index (Phi) is 19.8.